The summed E-state index contributed by atoms with van der Waals surface area (Å²) < 4.78 is 0. The van der Waals surface area contributed by atoms with E-state index in [0.717, 1.165) is 5.56 Å². The van der Waals surface area contributed by atoms with Gasteiger partial charge in [-0.15, -0.1) is 0 Å². The van der Waals surface area contributed by atoms with Crippen LogP contribution in [0.4, 0.5) is 0 Å². The number of hydrogen-bond donors (Lipinski definition) is 1. The molecule has 0 aliphatic carbocycles. The summed E-state index contributed by atoms with van der Waals surface area (Å²) in [6.45, 7) is 2.72. The normalized spacial score (nSPS) is 18.7. The van der Waals surface area contributed by atoms with E-state index in [1.165, 1.54) is 4.90 Å². The van der Waals surface area contributed by atoms with Crippen molar-refractivity contribution in [2.24, 2.45) is 0 Å². The summed E-state index contributed by atoms with van der Waals surface area (Å²) in [4.78, 5) is 24.7. The summed E-state index contributed by atoms with van der Waals surface area (Å²) in [6.07, 6.45) is 0.225. The number of nitrogens with zero attached hydrogens (tertiary/aromatic N) is 2. The first kappa shape index (κ1) is 13.2. The number of carbonyl (C=O) groups excluding carboxylic acids is 2. The largest absolute Gasteiger partial charge is 0.301 e. The van der Waals surface area contributed by atoms with E-state index in [0.29, 0.717) is 18.7 Å². The highest BCUT2D eigenvalue weighted by molar-refractivity contribution is 6.05. The first-order chi connectivity index (χ1) is 9.15. The van der Waals surface area contributed by atoms with Crippen molar-refractivity contribution in [3.8, 4) is 6.07 Å². The number of likely N-dealkylation sites (N-methyl/N-ethyl adjacent to an activating group) is 1. The monoisotopic (exact) mass is 257 g/mol. The van der Waals surface area contributed by atoms with E-state index in [9.17, 15) is 9.59 Å². The number of rotatable bonds is 4. The molecular weight excluding hydrogens is 242 g/mol. The Hall–Kier alpha value is -2.19. The Morgan fingerprint density at radius 2 is 2.05 bits per heavy atom. The van der Waals surface area contributed by atoms with Gasteiger partial charge in [-0.2, -0.15) is 5.26 Å². The molecule has 1 aliphatic heterocycles. The molecule has 0 bridgehead atoms. The SMILES string of the molecule is CCN1C(=O)CC(NCc2ccc(C#N)cc2)C1=O. The van der Waals surface area contributed by atoms with E-state index >= 15 is 0 Å². The highest BCUT2D eigenvalue weighted by Gasteiger charge is 2.36. The molecule has 1 aliphatic rings. The predicted molar refractivity (Wildman–Crippen MR) is 68.8 cm³/mol. The zero-order valence-electron chi connectivity index (χ0n) is 10.7. The highest BCUT2D eigenvalue weighted by Crippen LogP contribution is 2.13. The molecule has 19 heavy (non-hydrogen) atoms. The molecule has 2 rings (SSSR count). The smallest absolute Gasteiger partial charge is 0.246 e. The maximum atomic E-state index is 11.9. The first-order valence-electron chi connectivity index (χ1n) is 6.22. The third kappa shape index (κ3) is 2.80. The lowest BCUT2D eigenvalue weighted by Gasteiger charge is -2.13. The van der Waals surface area contributed by atoms with Crippen molar-refractivity contribution in [3.05, 3.63) is 35.4 Å². The molecule has 1 fully saturated rings. The van der Waals surface area contributed by atoms with Gasteiger partial charge in [-0.25, -0.2) is 0 Å². The van der Waals surface area contributed by atoms with Crippen molar-refractivity contribution < 1.29 is 9.59 Å². The zero-order chi connectivity index (χ0) is 13.8. The summed E-state index contributed by atoms with van der Waals surface area (Å²) in [7, 11) is 0. The Labute approximate surface area is 111 Å². The Bertz CT molecular complexity index is 531. The van der Waals surface area contributed by atoms with Crippen LogP contribution in [0.5, 0.6) is 0 Å². The molecule has 5 nitrogen and oxygen atoms in total. The lowest BCUT2D eigenvalue weighted by molar-refractivity contribution is -0.138. The maximum absolute atomic E-state index is 11.9. The minimum absolute atomic E-state index is 0.121. The van der Waals surface area contributed by atoms with Crippen LogP contribution in [-0.2, 0) is 16.1 Å². The molecule has 1 aromatic carbocycles. The van der Waals surface area contributed by atoms with Crippen LogP contribution in [0.3, 0.4) is 0 Å². The standard InChI is InChI=1S/C14H15N3O2/c1-2-17-13(18)7-12(14(17)19)16-9-11-5-3-10(8-15)4-6-11/h3-6,12,16H,2,7,9H2,1H3. The number of nitrogens with one attached hydrogen (secondary N) is 1. The van der Waals surface area contributed by atoms with Crippen LogP contribution >= 0.6 is 0 Å². The van der Waals surface area contributed by atoms with Crippen molar-refractivity contribution in [2.45, 2.75) is 25.9 Å². The number of nitriles is 1. The zero-order valence-corrected chi connectivity index (χ0v) is 10.7. The number of likely N-dealkylation sites (tertiary alicyclic amines) is 1. The van der Waals surface area contributed by atoms with Crippen LogP contribution in [0.2, 0.25) is 0 Å². The number of benzene rings is 1. The fourth-order valence-electron chi connectivity index (χ4n) is 2.11. The molecular formula is C14H15N3O2. The maximum Gasteiger partial charge on any atom is 0.246 e. The van der Waals surface area contributed by atoms with Gasteiger partial charge in [0.25, 0.3) is 0 Å². The summed E-state index contributed by atoms with van der Waals surface area (Å²) in [5.41, 5.74) is 1.59. The third-order valence-corrected chi connectivity index (χ3v) is 3.20. The van der Waals surface area contributed by atoms with Gasteiger partial charge in [-0.3, -0.25) is 14.5 Å². The quantitative estimate of drug-likeness (QED) is 0.809. The highest BCUT2D eigenvalue weighted by atomic mass is 16.2. The van der Waals surface area contributed by atoms with Gasteiger partial charge in [-0.05, 0) is 24.6 Å². The van der Waals surface area contributed by atoms with Crippen molar-refractivity contribution in [2.75, 3.05) is 6.54 Å². The Balaban J connectivity index is 1.94. The van der Waals surface area contributed by atoms with Gasteiger partial charge in [0.1, 0.15) is 0 Å². The molecule has 2 amide bonds. The summed E-state index contributed by atoms with van der Waals surface area (Å²) >= 11 is 0. The third-order valence-electron chi connectivity index (χ3n) is 3.20. The predicted octanol–water partition coefficient (Wildman–Crippen LogP) is 0.795. The molecule has 0 radical (unpaired) electrons. The van der Waals surface area contributed by atoms with Gasteiger partial charge in [0.2, 0.25) is 11.8 Å². The molecule has 1 atom stereocenters. The van der Waals surface area contributed by atoms with E-state index in [-0.39, 0.29) is 18.2 Å². The minimum atomic E-state index is -0.428. The van der Waals surface area contributed by atoms with Gasteiger partial charge in [-0.1, -0.05) is 12.1 Å². The second-order valence-corrected chi connectivity index (χ2v) is 4.42. The Morgan fingerprint density at radius 1 is 1.37 bits per heavy atom. The molecule has 1 N–H and O–H groups in total. The second-order valence-electron chi connectivity index (χ2n) is 4.42. The van der Waals surface area contributed by atoms with Crippen LogP contribution in [0, 0.1) is 11.3 Å². The van der Waals surface area contributed by atoms with Crippen molar-refractivity contribution in [1.82, 2.24) is 10.2 Å². The molecule has 1 heterocycles. The lowest BCUT2D eigenvalue weighted by atomic mass is 10.1. The van der Waals surface area contributed by atoms with Gasteiger partial charge >= 0.3 is 0 Å². The van der Waals surface area contributed by atoms with Crippen LogP contribution in [0.25, 0.3) is 0 Å². The van der Waals surface area contributed by atoms with E-state index in [4.69, 9.17) is 5.26 Å². The van der Waals surface area contributed by atoms with Crippen LogP contribution in [0.1, 0.15) is 24.5 Å². The van der Waals surface area contributed by atoms with Crippen molar-refractivity contribution in [3.63, 3.8) is 0 Å². The minimum Gasteiger partial charge on any atom is -0.301 e. The van der Waals surface area contributed by atoms with E-state index in [2.05, 4.69) is 11.4 Å². The molecule has 5 heteroatoms. The average Bonchev–Trinajstić information content (AvgIpc) is 2.71. The van der Waals surface area contributed by atoms with Gasteiger partial charge in [0.15, 0.2) is 0 Å². The average molecular weight is 257 g/mol. The molecule has 98 valence electrons. The molecule has 1 saturated heterocycles. The number of hydrogen-bond acceptors (Lipinski definition) is 4. The number of imide groups is 1. The molecule has 0 spiro atoms. The first-order valence-corrected chi connectivity index (χ1v) is 6.22. The van der Waals surface area contributed by atoms with Gasteiger partial charge in [0, 0.05) is 13.1 Å². The Morgan fingerprint density at radius 3 is 2.58 bits per heavy atom. The molecule has 1 aromatic rings. The van der Waals surface area contributed by atoms with Crippen molar-refractivity contribution >= 4 is 11.8 Å². The van der Waals surface area contributed by atoms with Crippen molar-refractivity contribution in [1.29, 1.82) is 5.26 Å². The topological polar surface area (TPSA) is 73.2 Å². The van der Waals surface area contributed by atoms with Gasteiger partial charge < -0.3 is 5.32 Å². The lowest BCUT2D eigenvalue weighted by Crippen LogP contribution is -2.38. The fourth-order valence-corrected chi connectivity index (χ4v) is 2.11. The van der Waals surface area contributed by atoms with Gasteiger partial charge in [0.05, 0.1) is 24.1 Å². The summed E-state index contributed by atoms with van der Waals surface area (Å²) in [6, 6.07) is 8.77. The summed E-state index contributed by atoms with van der Waals surface area (Å²) in [5, 5.41) is 11.8. The van der Waals surface area contributed by atoms with Crippen LogP contribution < -0.4 is 5.32 Å². The summed E-state index contributed by atoms with van der Waals surface area (Å²) in [5.74, 6) is -0.272. The van der Waals surface area contributed by atoms with E-state index < -0.39 is 6.04 Å². The Kier molecular flexibility index (Phi) is 3.93. The second kappa shape index (κ2) is 5.63. The molecule has 0 saturated carbocycles. The van der Waals surface area contributed by atoms with E-state index in [1.807, 2.05) is 12.1 Å². The molecule has 0 aromatic heterocycles. The van der Waals surface area contributed by atoms with Crippen LogP contribution in [0.15, 0.2) is 24.3 Å². The molecule has 1 unspecified atom stereocenters. The fraction of sp³-hybridized carbons (Fsp3) is 0.357. The van der Waals surface area contributed by atoms with E-state index in [1.54, 1.807) is 19.1 Å². The number of carbonyl (C=O) groups is 2. The van der Waals surface area contributed by atoms with Crippen LogP contribution in [-0.4, -0.2) is 29.3 Å². The number of amides is 2.